The molecule has 0 radical (unpaired) electrons. The maximum absolute atomic E-state index is 5.40. The van der Waals surface area contributed by atoms with E-state index < -0.39 is 0 Å². The van der Waals surface area contributed by atoms with E-state index >= 15 is 0 Å². The van der Waals surface area contributed by atoms with Crippen LogP contribution in [0.15, 0.2) is 18.2 Å². The monoisotopic (exact) mass is 208 g/mol. The number of rotatable bonds is 4. The minimum Gasteiger partial charge on any atom is -0.497 e. The molecule has 0 atom stereocenters. The Kier molecular flexibility index (Phi) is 3.61. The van der Waals surface area contributed by atoms with Crippen molar-refractivity contribution in [3.8, 4) is 11.5 Å². The van der Waals surface area contributed by atoms with Gasteiger partial charge < -0.3 is 9.47 Å². The summed E-state index contributed by atoms with van der Waals surface area (Å²) in [5.74, 6) is 1.74. The van der Waals surface area contributed by atoms with Gasteiger partial charge in [-0.2, -0.15) is 0 Å². The van der Waals surface area contributed by atoms with Gasteiger partial charge in [-0.05, 0) is 23.5 Å². The van der Waals surface area contributed by atoms with Crippen molar-refractivity contribution < 1.29 is 9.47 Å². The molecule has 0 fully saturated rings. The van der Waals surface area contributed by atoms with E-state index in [-0.39, 0.29) is 5.41 Å². The molecule has 0 heterocycles. The minimum absolute atomic E-state index is 0.137. The lowest BCUT2D eigenvalue weighted by atomic mass is 9.81. The zero-order valence-electron chi connectivity index (χ0n) is 10.3. The fourth-order valence-corrected chi connectivity index (χ4v) is 1.55. The third-order valence-corrected chi connectivity index (χ3v) is 3.02. The average Bonchev–Trinajstić information content (AvgIpc) is 2.28. The van der Waals surface area contributed by atoms with Crippen LogP contribution in [0.3, 0.4) is 0 Å². The van der Waals surface area contributed by atoms with Gasteiger partial charge in [-0.25, -0.2) is 0 Å². The topological polar surface area (TPSA) is 18.5 Å². The third kappa shape index (κ3) is 2.44. The second-order valence-electron chi connectivity index (χ2n) is 4.30. The highest BCUT2D eigenvalue weighted by Crippen LogP contribution is 2.36. The van der Waals surface area contributed by atoms with Crippen molar-refractivity contribution in [2.24, 2.45) is 0 Å². The summed E-state index contributed by atoms with van der Waals surface area (Å²) in [5, 5.41) is 0. The molecular formula is C13H20O2. The lowest BCUT2D eigenvalue weighted by Crippen LogP contribution is -2.16. The largest absolute Gasteiger partial charge is 0.497 e. The number of methoxy groups -OCH3 is 2. The number of ether oxygens (including phenoxy) is 2. The molecule has 0 saturated carbocycles. The van der Waals surface area contributed by atoms with Gasteiger partial charge in [0, 0.05) is 6.07 Å². The molecule has 0 bridgehead atoms. The van der Waals surface area contributed by atoms with E-state index in [2.05, 4.69) is 26.8 Å². The van der Waals surface area contributed by atoms with E-state index in [1.165, 1.54) is 5.56 Å². The van der Waals surface area contributed by atoms with E-state index in [4.69, 9.17) is 9.47 Å². The van der Waals surface area contributed by atoms with Crippen molar-refractivity contribution in [1.82, 2.24) is 0 Å². The maximum Gasteiger partial charge on any atom is 0.126 e. The first kappa shape index (κ1) is 11.9. The van der Waals surface area contributed by atoms with Gasteiger partial charge in [0.1, 0.15) is 11.5 Å². The Morgan fingerprint density at radius 1 is 1.13 bits per heavy atom. The SMILES string of the molecule is CCC(C)(C)c1ccc(OC)cc1OC. The Morgan fingerprint density at radius 2 is 1.80 bits per heavy atom. The van der Waals surface area contributed by atoms with Gasteiger partial charge in [0.15, 0.2) is 0 Å². The van der Waals surface area contributed by atoms with Gasteiger partial charge in [0.05, 0.1) is 14.2 Å². The first-order valence-corrected chi connectivity index (χ1v) is 5.27. The van der Waals surface area contributed by atoms with Crippen LogP contribution in [0.1, 0.15) is 32.8 Å². The molecular weight excluding hydrogens is 188 g/mol. The van der Waals surface area contributed by atoms with E-state index in [1.54, 1.807) is 14.2 Å². The van der Waals surface area contributed by atoms with Crippen LogP contribution in [0.25, 0.3) is 0 Å². The fourth-order valence-electron chi connectivity index (χ4n) is 1.55. The smallest absolute Gasteiger partial charge is 0.126 e. The molecule has 1 aromatic rings. The van der Waals surface area contributed by atoms with Crippen LogP contribution < -0.4 is 9.47 Å². The van der Waals surface area contributed by atoms with Gasteiger partial charge >= 0.3 is 0 Å². The molecule has 1 aromatic carbocycles. The summed E-state index contributed by atoms with van der Waals surface area (Å²) in [6.07, 6.45) is 1.08. The molecule has 84 valence electrons. The predicted molar refractivity (Wildman–Crippen MR) is 62.9 cm³/mol. The highest BCUT2D eigenvalue weighted by molar-refractivity contribution is 5.44. The summed E-state index contributed by atoms with van der Waals surface area (Å²) in [7, 11) is 3.36. The molecule has 0 aliphatic heterocycles. The Bertz CT molecular complexity index is 329. The van der Waals surface area contributed by atoms with Gasteiger partial charge in [0.25, 0.3) is 0 Å². The second-order valence-corrected chi connectivity index (χ2v) is 4.30. The van der Waals surface area contributed by atoms with Crippen molar-refractivity contribution in [2.45, 2.75) is 32.6 Å². The molecule has 0 N–H and O–H groups in total. The van der Waals surface area contributed by atoms with Crippen LogP contribution in [0.5, 0.6) is 11.5 Å². The molecule has 0 amide bonds. The van der Waals surface area contributed by atoms with Crippen LogP contribution in [0.2, 0.25) is 0 Å². The quantitative estimate of drug-likeness (QED) is 0.755. The Hall–Kier alpha value is -1.18. The Balaban J connectivity index is 3.18. The number of benzene rings is 1. The zero-order chi connectivity index (χ0) is 11.5. The predicted octanol–water partition coefficient (Wildman–Crippen LogP) is 3.39. The summed E-state index contributed by atoms with van der Waals surface area (Å²) in [6, 6.07) is 6.00. The first-order chi connectivity index (χ1) is 7.05. The summed E-state index contributed by atoms with van der Waals surface area (Å²) < 4.78 is 10.6. The summed E-state index contributed by atoms with van der Waals surface area (Å²) in [5.41, 5.74) is 1.37. The fraction of sp³-hybridized carbons (Fsp3) is 0.538. The Morgan fingerprint density at radius 3 is 2.27 bits per heavy atom. The molecule has 2 nitrogen and oxygen atoms in total. The second kappa shape index (κ2) is 4.56. The average molecular weight is 208 g/mol. The Labute approximate surface area is 92.2 Å². The van der Waals surface area contributed by atoms with Gasteiger partial charge in [0.2, 0.25) is 0 Å². The van der Waals surface area contributed by atoms with Crippen LogP contribution >= 0.6 is 0 Å². The van der Waals surface area contributed by atoms with Crippen LogP contribution in [-0.4, -0.2) is 14.2 Å². The first-order valence-electron chi connectivity index (χ1n) is 5.27. The summed E-state index contributed by atoms with van der Waals surface area (Å²) >= 11 is 0. The zero-order valence-corrected chi connectivity index (χ0v) is 10.3. The van der Waals surface area contributed by atoms with E-state index in [1.807, 2.05) is 12.1 Å². The van der Waals surface area contributed by atoms with Crippen molar-refractivity contribution in [3.63, 3.8) is 0 Å². The molecule has 0 aliphatic carbocycles. The molecule has 15 heavy (non-hydrogen) atoms. The van der Waals surface area contributed by atoms with Crippen molar-refractivity contribution in [3.05, 3.63) is 23.8 Å². The molecule has 0 unspecified atom stereocenters. The van der Waals surface area contributed by atoms with Crippen molar-refractivity contribution in [1.29, 1.82) is 0 Å². The highest BCUT2D eigenvalue weighted by atomic mass is 16.5. The standard InChI is InChI=1S/C13H20O2/c1-6-13(2,3)11-8-7-10(14-4)9-12(11)15-5/h7-9H,6H2,1-5H3. The van der Waals surface area contributed by atoms with E-state index in [9.17, 15) is 0 Å². The van der Waals surface area contributed by atoms with E-state index in [0.29, 0.717) is 0 Å². The molecule has 0 spiro atoms. The normalized spacial score (nSPS) is 11.3. The van der Waals surface area contributed by atoms with Crippen molar-refractivity contribution >= 4 is 0 Å². The molecule has 1 rings (SSSR count). The summed E-state index contributed by atoms with van der Waals surface area (Å²) in [6.45, 7) is 6.62. The highest BCUT2D eigenvalue weighted by Gasteiger charge is 2.22. The molecule has 2 heteroatoms. The number of hydrogen-bond acceptors (Lipinski definition) is 2. The third-order valence-electron chi connectivity index (χ3n) is 3.02. The molecule has 0 aliphatic rings. The van der Waals surface area contributed by atoms with Crippen LogP contribution in [0, 0.1) is 0 Å². The van der Waals surface area contributed by atoms with Gasteiger partial charge in [-0.3, -0.25) is 0 Å². The lowest BCUT2D eigenvalue weighted by molar-refractivity contribution is 0.377. The molecule has 0 saturated heterocycles. The molecule has 0 aromatic heterocycles. The van der Waals surface area contributed by atoms with Gasteiger partial charge in [-0.15, -0.1) is 0 Å². The summed E-state index contributed by atoms with van der Waals surface area (Å²) in [4.78, 5) is 0. The van der Waals surface area contributed by atoms with Crippen molar-refractivity contribution in [2.75, 3.05) is 14.2 Å². The van der Waals surface area contributed by atoms with Crippen LogP contribution in [0.4, 0.5) is 0 Å². The van der Waals surface area contributed by atoms with Crippen LogP contribution in [-0.2, 0) is 5.41 Å². The number of hydrogen-bond donors (Lipinski definition) is 0. The van der Waals surface area contributed by atoms with Gasteiger partial charge in [-0.1, -0.05) is 26.8 Å². The van der Waals surface area contributed by atoms with E-state index in [0.717, 1.165) is 17.9 Å². The minimum atomic E-state index is 0.137. The lowest BCUT2D eigenvalue weighted by Gasteiger charge is -2.25. The maximum atomic E-state index is 5.40.